The Morgan fingerprint density at radius 3 is 2.34 bits per heavy atom. The van der Waals surface area contributed by atoms with E-state index in [4.69, 9.17) is 27.9 Å². The number of nitrogens with one attached hydrogen (secondary N) is 1. The summed E-state index contributed by atoms with van der Waals surface area (Å²) >= 11 is 12.2. The fourth-order valence-electron chi connectivity index (χ4n) is 3.55. The molecule has 2 aromatic rings. The van der Waals surface area contributed by atoms with Gasteiger partial charge in [0.05, 0.1) is 29.1 Å². The minimum absolute atomic E-state index is 0.0390. The fourth-order valence-corrected chi connectivity index (χ4v) is 4.72. The van der Waals surface area contributed by atoms with Crippen molar-refractivity contribution in [2.24, 2.45) is 0 Å². The van der Waals surface area contributed by atoms with Gasteiger partial charge in [-0.25, -0.2) is 8.42 Å². The molecule has 1 atom stereocenters. The maximum absolute atomic E-state index is 13.6. The molecule has 0 radical (unpaired) electrons. The van der Waals surface area contributed by atoms with Crippen molar-refractivity contribution in [1.82, 2.24) is 10.2 Å². The molecule has 192 valence electrons. The molecule has 2 aromatic carbocycles. The average Bonchev–Trinajstić information content (AvgIpc) is 2.82. The summed E-state index contributed by atoms with van der Waals surface area (Å²) in [5, 5.41) is 3.50. The summed E-state index contributed by atoms with van der Waals surface area (Å²) in [6, 6.07) is 10.6. The summed E-state index contributed by atoms with van der Waals surface area (Å²) in [4.78, 5) is 28.0. The third-order valence-corrected chi connectivity index (χ3v) is 7.17. The van der Waals surface area contributed by atoms with Crippen molar-refractivity contribution < 1.29 is 22.7 Å². The van der Waals surface area contributed by atoms with Gasteiger partial charge >= 0.3 is 0 Å². The van der Waals surface area contributed by atoms with Crippen molar-refractivity contribution in [3.63, 3.8) is 0 Å². The predicted molar refractivity (Wildman–Crippen MR) is 140 cm³/mol. The molecule has 11 heteroatoms. The van der Waals surface area contributed by atoms with Gasteiger partial charge in [0.25, 0.3) is 0 Å². The molecule has 0 aliphatic carbocycles. The van der Waals surface area contributed by atoms with Gasteiger partial charge < -0.3 is 15.0 Å². The third kappa shape index (κ3) is 7.75. The third-order valence-electron chi connectivity index (χ3n) is 5.31. The Balaban J connectivity index is 2.48. The highest BCUT2D eigenvalue weighted by atomic mass is 35.5. The topological polar surface area (TPSA) is 96.0 Å². The molecule has 0 saturated heterocycles. The van der Waals surface area contributed by atoms with Crippen LogP contribution < -0.4 is 14.4 Å². The molecule has 0 aliphatic rings. The number of para-hydroxylation sites is 2. The van der Waals surface area contributed by atoms with Crippen molar-refractivity contribution >= 4 is 50.7 Å². The number of benzene rings is 2. The Hall–Kier alpha value is -2.49. The molecule has 1 N–H and O–H groups in total. The second-order valence-electron chi connectivity index (χ2n) is 7.93. The van der Waals surface area contributed by atoms with Crippen LogP contribution in [0.4, 0.5) is 5.69 Å². The Morgan fingerprint density at radius 1 is 1.09 bits per heavy atom. The molecular formula is C24H31Cl2N3O5S. The van der Waals surface area contributed by atoms with Crippen LogP contribution in [0.25, 0.3) is 0 Å². The molecule has 2 rings (SSSR count). The maximum atomic E-state index is 13.6. The summed E-state index contributed by atoms with van der Waals surface area (Å²) < 4.78 is 31.7. The molecule has 8 nitrogen and oxygen atoms in total. The zero-order chi connectivity index (χ0) is 26.2. The Bertz CT molecular complexity index is 1140. The smallest absolute Gasteiger partial charge is 0.244 e. The number of anilines is 1. The number of carbonyl (C=O) groups excluding carboxylic acids is 2. The van der Waals surface area contributed by atoms with Crippen molar-refractivity contribution in [3.05, 3.63) is 58.1 Å². The summed E-state index contributed by atoms with van der Waals surface area (Å²) in [7, 11) is -2.44. The number of rotatable bonds is 12. The lowest BCUT2D eigenvalue weighted by atomic mass is 10.1. The van der Waals surface area contributed by atoms with Crippen LogP contribution in [0.5, 0.6) is 5.75 Å². The normalized spacial score (nSPS) is 12.1. The molecular weight excluding hydrogens is 513 g/mol. The van der Waals surface area contributed by atoms with Gasteiger partial charge in [0.15, 0.2) is 0 Å². The first-order chi connectivity index (χ1) is 16.5. The molecule has 0 unspecified atom stereocenters. The van der Waals surface area contributed by atoms with E-state index < -0.39 is 28.5 Å². The molecule has 0 saturated carbocycles. The number of sulfonamides is 1. The van der Waals surface area contributed by atoms with Crippen LogP contribution in [0.3, 0.4) is 0 Å². The van der Waals surface area contributed by atoms with Crippen LogP contribution in [-0.4, -0.2) is 57.6 Å². The molecule has 0 spiro atoms. The number of methoxy groups -OCH3 is 1. The first kappa shape index (κ1) is 28.7. The second-order valence-corrected chi connectivity index (χ2v) is 10.6. The number of nitrogens with zero attached hydrogens (tertiary/aromatic N) is 2. The first-order valence-corrected chi connectivity index (χ1v) is 13.8. The van der Waals surface area contributed by atoms with Crippen LogP contribution in [0.15, 0.2) is 42.5 Å². The average molecular weight is 545 g/mol. The van der Waals surface area contributed by atoms with Gasteiger partial charge in [-0.15, -0.1) is 0 Å². The minimum Gasteiger partial charge on any atom is -0.495 e. The lowest BCUT2D eigenvalue weighted by Gasteiger charge is -2.33. The van der Waals surface area contributed by atoms with Crippen LogP contribution in [0, 0.1) is 0 Å². The summed E-state index contributed by atoms with van der Waals surface area (Å²) in [5.74, 6) is -0.564. The molecule has 35 heavy (non-hydrogen) atoms. The van der Waals surface area contributed by atoms with E-state index in [9.17, 15) is 18.0 Å². The van der Waals surface area contributed by atoms with Crippen LogP contribution >= 0.6 is 23.2 Å². The van der Waals surface area contributed by atoms with Gasteiger partial charge in [-0.3, -0.25) is 13.9 Å². The number of hydrogen-bond donors (Lipinski definition) is 1. The predicted octanol–water partition coefficient (Wildman–Crippen LogP) is 4.10. The van der Waals surface area contributed by atoms with E-state index in [0.717, 1.165) is 17.0 Å². The summed E-state index contributed by atoms with van der Waals surface area (Å²) in [6.07, 6.45) is 2.08. The number of hydrogen-bond acceptors (Lipinski definition) is 5. The van der Waals surface area contributed by atoms with E-state index in [-0.39, 0.29) is 18.1 Å². The minimum atomic E-state index is -3.86. The molecule has 0 fully saturated rings. The number of carbonyl (C=O) groups is 2. The van der Waals surface area contributed by atoms with Gasteiger partial charge in [-0.1, -0.05) is 55.2 Å². The second kappa shape index (κ2) is 13.0. The molecule has 0 heterocycles. The van der Waals surface area contributed by atoms with E-state index in [0.29, 0.717) is 34.3 Å². The monoisotopic (exact) mass is 543 g/mol. The van der Waals surface area contributed by atoms with E-state index >= 15 is 0 Å². The number of halogens is 2. The van der Waals surface area contributed by atoms with E-state index in [2.05, 4.69) is 5.32 Å². The highest BCUT2D eigenvalue weighted by Crippen LogP contribution is 2.30. The van der Waals surface area contributed by atoms with Gasteiger partial charge in [0.2, 0.25) is 21.8 Å². The van der Waals surface area contributed by atoms with Gasteiger partial charge in [-0.2, -0.15) is 0 Å². The Morgan fingerprint density at radius 2 is 1.77 bits per heavy atom. The first-order valence-electron chi connectivity index (χ1n) is 11.1. The van der Waals surface area contributed by atoms with E-state index in [1.165, 1.54) is 12.0 Å². The van der Waals surface area contributed by atoms with Crippen molar-refractivity contribution in [1.29, 1.82) is 0 Å². The zero-order valence-electron chi connectivity index (χ0n) is 20.3. The largest absolute Gasteiger partial charge is 0.495 e. The highest BCUT2D eigenvalue weighted by Gasteiger charge is 2.32. The summed E-state index contributed by atoms with van der Waals surface area (Å²) in [5.41, 5.74) is 0.876. The lowest BCUT2D eigenvalue weighted by molar-refractivity contribution is -0.140. The van der Waals surface area contributed by atoms with Crippen LogP contribution in [-0.2, 0) is 26.2 Å². The van der Waals surface area contributed by atoms with Crippen LogP contribution in [0.1, 0.15) is 32.3 Å². The maximum Gasteiger partial charge on any atom is 0.244 e. The number of ether oxygens (including phenoxy) is 1. The quantitative estimate of drug-likeness (QED) is 0.434. The standard InChI is InChI=1S/C24H31Cl2N3O5S/c1-5-13-27-24(31)20(6-2)28(15-17-11-12-18(25)19(26)14-17)23(30)16-29(35(4,32)33)21-9-7-8-10-22(21)34-3/h7-12,14,20H,5-6,13,15-16H2,1-4H3,(H,27,31)/t20-/m1/s1. The fraction of sp³-hybridized carbons (Fsp3) is 0.417. The lowest BCUT2D eigenvalue weighted by Crippen LogP contribution is -2.52. The molecule has 2 amide bonds. The number of amides is 2. The summed E-state index contributed by atoms with van der Waals surface area (Å²) in [6.45, 7) is 3.70. The molecule has 0 bridgehead atoms. The Labute approximate surface area is 217 Å². The molecule has 0 aliphatic heterocycles. The van der Waals surface area contributed by atoms with Gasteiger partial charge in [0.1, 0.15) is 18.3 Å². The van der Waals surface area contributed by atoms with Gasteiger partial charge in [0, 0.05) is 13.1 Å². The van der Waals surface area contributed by atoms with E-state index in [1.807, 2.05) is 6.92 Å². The zero-order valence-corrected chi connectivity index (χ0v) is 22.6. The van der Waals surface area contributed by atoms with Crippen molar-refractivity contribution in [3.8, 4) is 5.75 Å². The molecule has 0 aromatic heterocycles. The van der Waals surface area contributed by atoms with Crippen molar-refractivity contribution in [2.45, 2.75) is 39.3 Å². The van der Waals surface area contributed by atoms with Crippen LogP contribution in [0.2, 0.25) is 10.0 Å². The van der Waals surface area contributed by atoms with Crippen molar-refractivity contribution in [2.75, 3.05) is 30.8 Å². The highest BCUT2D eigenvalue weighted by molar-refractivity contribution is 7.92. The SMILES string of the molecule is CCCNC(=O)[C@@H](CC)N(Cc1ccc(Cl)c(Cl)c1)C(=O)CN(c1ccccc1OC)S(C)(=O)=O. The van der Waals surface area contributed by atoms with E-state index in [1.54, 1.807) is 49.4 Å². The Kier molecular flexibility index (Phi) is 10.7. The van der Waals surface area contributed by atoms with Gasteiger partial charge in [-0.05, 0) is 42.7 Å².